The van der Waals surface area contributed by atoms with Crippen molar-refractivity contribution >= 4 is 28.6 Å². The number of esters is 1. The fourth-order valence-corrected chi connectivity index (χ4v) is 5.59. The Morgan fingerprint density at radius 2 is 1.85 bits per heavy atom. The third kappa shape index (κ3) is 4.77. The van der Waals surface area contributed by atoms with Gasteiger partial charge in [-0.3, -0.25) is 0 Å². The number of hydrogen-bond acceptors (Lipinski definition) is 5. The first kappa shape index (κ1) is 24.1. The van der Waals surface area contributed by atoms with Crippen molar-refractivity contribution in [3.63, 3.8) is 0 Å². The average Bonchev–Trinajstić information content (AvgIpc) is 3.13. The number of nitrogens with one attached hydrogen (secondary N) is 1. The third-order valence-electron chi connectivity index (χ3n) is 6.98. The van der Waals surface area contributed by atoms with E-state index in [-0.39, 0.29) is 11.5 Å². The summed E-state index contributed by atoms with van der Waals surface area (Å²) in [6.45, 7) is 11.4. The van der Waals surface area contributed by atoms with Crippen LogP contribution in [-0.4, -0.2) is 29.7 Å². The number of ether oxygens (including phenoxy) is 2. The van der Waals surface area contributed by atoms with Gasteiger partial charge in [-0.15, -0.1) is 0 Å². The van der Waals surface area contributed by atoms with Gasteiger partial charge < -0.3 is 19.4 Å². The Bertz CT molecular complexity index is 1180. The summed E-state index contributed by atoms with van der Waals surface area (Å²) in [5, 5.41) is 3.56. The standard InChI is InChI=1S/C28H37N3O3/c1-17(2)19-8-10-20(11-9-19)29-27-30-23-13-22(26(32)34-7)25(33-6)14-24(23)31(27)21-12-18(3)15-28(4,5)16-21/h8-11,13-14,17-18,21H,12,15-16H2,1-7H3,(H,29,30)/t18-,21+/m1/s1. The number of carbonyl (C=O) groups is 1. The van der Waals surface area contributed by atoms with E-state index in [1.54, 1.807) is 13.2 Å². The largest absolute Gasteiger partial charge is 0.496 e. The summed E-state index contributed by atoms with van der Waals surface area (Å²) >= 11 is 0. The summed E-state index contributed by atoms with van der Waals surface area (Å²) in [6.07, 6.45) is 3.35. The molecule has 34 heavy (non-hydrogen) atoms. The molecule has 4 rings (SSSR count). The van der Waals surface area contributed by atoms with E-state index in [4.69, 9.17) is 14.5 Å². The number of benzene rings is 2. The van der Waals surface area contributed by atoms with Gasteiger partial charge in [-0.25, -0.2) is 9.78 Å². The summed E-state index contributed by atoms with van der Waals surface area (Å²) < 4.78 is 12.9. The van der Waals surface area contributed by atoms with Gasteiger partial charge in [0, 0.05) is 17.8 Å². The van der Waals surface area contributed by atoms with E-state index in [1.807, 2.05) is 6.07 Å². The second kappa shape index (κ2) is 9.32. The van der Waals surface area contributed by atoms with Crippen molar-refractivity contribution in [2.45, 2.75) is 65.8 Å². The van der Waals surface area contributed by atoms with E-state index < -0.39 is 5.97 Å². The molecular weight excluding hydrogens is 426 g/mol. The summed E-state index contributed by atoms with van der Waals surface area (Å²) in [4.78, 5) is 17.3. The predicted octanol–water partition coefficient (Wildman–Crippen LogP) is 7.09. The predicted molar refractivity (Wildman–Crippen MR) is 137 cm³/mol. The van der Waals surface area contributed by atoms with E-state index in [0.717, 1.165) is 35.5 Å². The van der Waals surface area contributed by atoms with Crippen LogP contribution in [-0.2, 0) is 4.74 Å². The summed E-state index contributed by atoms with van der Waals surface area (Å²) in [6, 6.07) is 12.5. The summed E-state index contributed by atoms with van der Waals surface area (Å²) in [5.41, 5.74) is 4.62. The van der Waals surface area contributed by atoms with Crippen LogP contribution < -0.4 is 10.1 Å². The molecule has 0 bridgehead atoms. The average molecular weight is 464 g/mol. The summed E-state index contributed by atoms with van der Waals surface area (Å²) in [7, 11) is 2.96. The molecule has 0 radical (unpaired) electrons. The van der Waals surface area contributed by atoms with Crippen molar-refractivity contribution in [2.75, 3.05) is 19.5 Å². The lowest BCUT2D eigenvalue weighted by atomic mass is 9.70. The van der Waals surface area contributed by atoms with Gasteiger partial charge in [0.25, 0.3) is 0 Å². The molecular formula is C28H37N3O3. The van der Waals surface area contributed by atoms with Crippen LogP contribution >= 0.6 is 0 Å². The highest BCUT2D eigenvalue weighted by Crippen LogP contribution is 2.46. The topological polar surface area (TPSA) is 65.4 Å². The molecule has 1 N–H and O–H groups in total. The van der Waals surface area contributed by atoms with Gasteiger partial charge in [0.1, 0.15) is 11.3 Å². The van der Waals surface area contributed by atoms with Crippen molar-refractivity contribution in [2.24, 2.45) is 11.3 Å². The van der Waals surface area contributed by atoms with Crippen molar-refractivity contribution in [1.82, 2.24) is 9.55 Å². The first-order valence-corrected chi connectivity index (χ1v) is 12.2. The number of anilines is 2. The lowest BCUT2D eigenvalue weighted by Crippen LogP contribution is -2.29. The van der Waals surface area contributed by atoms with E-state index in [2.05, 4.69) is 68.8 Å². The molecule has 0 saturated heterocycles. The van der Waals surface area contributed by atoms with Gasteiger partial charge in [-0.2, -0.15) is 0 Å². The van der Waals surface area contributed by atoms with Crippen molar-refractivity contribution in [1.29, 1.82) is 0 Å². The molecule has 1 aliphatic carbocycles. The number of hydrogen-bond donors (Lipinski definition) is 1. The minimum absolute atomic E-state index is 0.241. The minimum atomic E-state index is -0.431. The molecule has 2 atom stereocenters. The molecule has 1 saturated carbocycles. The van der Waals surface area contributed by atoms with Crippen LogP contribution in [0.25, 0.3) is 11.0 Å². The van der Waals surface area contributed by atoms with E-state index in [0.29, 0.717) is 23.1 Å². The Kier molecular flexibility index (Phi) is 6.61. The normalized spacial score (nSPS) is 19.9. The Labute approximate surface area is 202 Å². The molecule has 3 aromatic rings. The van der Waals surface area contributed by atoms with E-state index >= 15 is 0 Å². The number of methoxy groups -OCH3 is 2. The van der Waals surface area contributed by atoms with Gasteiger partial charge in [-0.1, -0.05) is 46.8 Å². The lowest BCUT2D eigenvalue weighted by molar-refractivity contribution is 0.0597. The monoisotopic (exact) mass is 463 g/mol. The zero-order valence-electron chi connectivity index (χ0n) is 21.4. The van der Waals surface area contributed by atoms with Crippen LogP contribution in [0.2, 0.25) is 0 Å². The number of carbonyl (C=O) groups excluding carboxylic acids is 1. The first-order chi connectivity index (χ1) is 16.1. The van der Waals surface area contributed by atoms with Crippen molar-refractivity contribution in [3.8, 4) is 5.75 Å². The van der Waals surface area contributed by atoms with Gasteiger partial charge in [-0.05, 0) is 60.3 Å². The van der Waals surface area contributed by atoms with Crippen LogP contribution in [0, 0.1) is 11.3 Å². The SMILES string of the molecule is COC(=O)c1cc2nc(Nc3ccc(C(C)C)cc3)n([C@H]3C[C@@H](C)CC(C)(C)C3)c2cc1OC. The fourth-order valence-electron chi connectivity index (χ4n) is 5.59. The van der Waals surface area contributed by atoms with Gasteiger partial charge in [0.15, 0.2) is 0 Å². The number of imidazole rings is 1. The number of rotatable bonds is 6. The smallest absolute Gasteiger partial charge is 0.341 e. The van der Waals surface area contributed by atoms with Crippen LogP contribution in [0.15, 0.2) is 36.4 Å². The van der Waals surface area contributed by atoms with Crippen molar-refractivity contribution < 1.29 is 14.3 Å². The lowest BCUT2D eigenvalue weighted by Gasteiger charge is -2.40. The highest BCUT2D eigenvalue weighted by Gasteiger charge is 2.35. The second-order valence-corrected chi connectivity index (χ2v) is 10.8. The highest BCUT2D eigenvalue weighted by atomic mass is 16.5. The molecule has 1 fully saturated rings. The van der Waals surface area contributed by atoms with Crippen LogP contribution in [0.3, 0.4) is 0 Å². The third-order valence-corrected chi connectivity index (χ3v) is 6.98. The molecule has 6 nitrogen and oxygen atoms in total. The number of fused-ring (bicyclic) bond motifs is 1. The quantitative estimate of drug-likeness (QED) is 0.396. The second-order valence-electron chi connectivity index (χ2n) is 10.8. The van der Waals surface area contributed by atoms with E-state index in [1.165, 1.54) is 19.1 Å². The van der Waals surface area contributed by atoms with Crippen molar-refractivity contribution in [3.05, 3.63) is 47.5 Å². The minimum Gasteiger partial charge on any atom is -0.496 e. The van der Waals surface area contributed by atoms with Crippen LogP contribution in [0.1, 0.15) is 81.8 Å². The van der Waals surface area contributed by atoms with Gasteiger partial charge in [0.05, 0.1) is 25.3 Å². The molecule has 0 unspecified atom stereocenters. The fraction of sp³-hybridized carbons (Fsp3) is 0.500. The summed E-state index contributed by atoms with van der Waals surface area (Å²) in [5.74, 6) is 1.94. The number of aromatic nitrogens is 2. The van der Waals surface area contributed by atoms with Gasteiger partial charge >= 0.3 is 5.97 Å². The maximum atomic E-state index is 12.4. The Morgan fingerprint density at radius 1 is 1.15 bits per heavy atom. The highest BCUT2D eigenvalue weighted by molar-refractivity contribution is 5.97. The van der Waals surface area contributed by atoms with Crippen LogP contribution in [0.5, 0.6) is 5.75 Å². The molecule has 0 amide bonds. The zero-order chi connectivity index (χ0) is 24.6. The molecule has 2 aromatic carbocycles. The molecule has 1 heterocycles. The molecule has 182 valence electrons. The molecule has 6 heteroatoms. The number of nitrogens with zero attached hydrogens (tertiary/aromatic N) is 2. The van der Waals surface area contributed by atoms with Crippen LogP contribution in [0.4, 0.5) is 11.6 Å². The molecule has 1 aromatic heterocycles. The zero-order valence-corrected chi connectivity index (χ0v) is 21.4. The Hall–Kier alpha value is -3.02. The molecule has 0 aliphatic heterocycles. The maximum Gasteiger partial charge on any atom is 0.341 e. The van der Waals surface area contributed by atoms with Gasteiger partial charge in [0.2, 0.25) is 5.95 Å². The maximum absolute atomic E-state index is 12.4. The Balaban J connectivity index is 1.85. The first-order valence-electron chi connectivity index (χ1n) is 12.2. The Morgan fingerprint density at radius 3 is 2.44 bits per heavy atom. The van der Waals surface area contributed by atoms with E-state index in [9.17, 15) is 4.79 Å². The molecule has 0 spiro atoms. The molecule has 1 aliphatic rings.